The smallest absolute Gasteiger partial charge is 0.232 e. The van der Waals surface area contributed by atoms with Gasteiger partial charge in [0.2, 0.25) is 5.88 Å². The van der Waals surface area contributed by atoms with Crippen molar-refractivity contribution >= 4 is 22.5 Å². The van der Waals surface area contributed by atoms with Gasteiger partial charge >= 0.3 is 0 Å². The van der Waals surface area contributed by atoms with Crippen molar-refractivity contribution in [3.8, 4) is 17.0 Å². The molecule has 0 bridgehead atoms. The standard InChI is InChI=1S/C21H24ClN3O/c1-14(11-21(2,3)23)13-26-20-18(22)10-15(12-25-20)16-8-9-24-19-7-5-4-6-17(16)19/h4-10,12,14H,11,13,23H2,1-3H3/t14-/m0/s1. The number of pyridine rings is 2. The van der Waals surface area contributed by atoms with Crippen LogP contribution in [0.25, 0.3) is 22.0 Å². The Bertz CT molecular complexity index is 900. The fourth-order valence-corrected chi connectivity index (χ4v) is 3.43. The summed E-state index contributed by atoms with van der Waals surface area (Å²) in [7, 11) is 0. The van der Waals surface area contributed by atoms with Crippen LogP contribution in [-0.4, -0.2) is 22.1 Å². The van der Waals surface area contributed by atoms with Gasteiger partial charge in [0, 0.05) is 28.9 Å². The van der Waals surface area contributed by atoms with Gasteiger partial charge in [-0.1, -0.05) is 36.7 Å². The minimum atomic E-state index is -0.216. The fourth-order valence-electron chi connectivity index (χ4n) is 3.20. The zero-order valence-corrected chi connectivity index (χ0v) is 16.1. The van der Waals surface area contributed by atoms with Gasteiger partial charge in [0.15, 0.2) is 0 Å². The third kappa shape index (κ3) is 4.51. The lowest BCUT2D eigenvalue weighted by molar-refractivity contribution is 0.223. The molecule has 2 aromatic heterocycles. The summed E-state index contributed by atoms with van der Waals surface area (Å²) in [5.41, 5.74) is 8.78. The fraction of sp³-hybridized carbons (Fsp3) is 0.333. The van der Waals surface area contributed by atoms with Gasteiger partial charge in [-0.05, 0) is 49.9 Å². The summed E-state index contributed by atoms with van der Waals surface area (Å²) < 4.78 is 5.81. The van der Waals surface area contributed by atoms with Gasteiger partial charge in [-0.15, -0.1) is 0 Å². The van der Waals surface area contributed by atoms with Crippen LogP contribution in [0.1, 0.15) is 27.2 Å². The third-order valence-electron chi connectivity index (χ3n) is 4.15. The third-order valence-corrected chi connectivity index (χ3v) is 4.42. The summed E-state index contributed by atoms with van der Waals surface area (Å²) in [5.74, 6) is 0.771. The van der Waals surface area contributed by atoms with Crippen molar-refractivity contribution < 1.29 is 4.74 Å². The van der Waals surface area contributed by atoms with Crippen molar-refractivity contribution in [2.75, 3.05) is 6.61 Å². The molecule has 5 heteroatoms. The first-order valence-electron chi connectivity index (χ1n) is 8.75. The maximum atomic E-state index is 6.42. The lowest BCUT2D eigenvalue weighted by Crippen LogP contribution is -2.35. The molecule has 2 N–H and O–H groups in total. The summed E-state index contributed by atoms with van der Waals surface area (Å²) in [6, 6.07) is 11.9. The monoisotopic (exact) mass is 369 g/mol. The highest BCUT2D eigenvalue weighted by molar-refractivity contribution is 6.32. The van der Waals surface area contributed by atoms with Gasteiger partial charge in [-0.3, -0.25) is 4.98 Å². The molecule has 0 radical (unpaired) electrons. The molecule has 2 heterocycles. The normalized spacial score (nSPS) is 13.0. The molecule has 0 aliphatic carbocycles. The van der Waals surface area contributed by atoms with Crippen LogP contribution in [-0.2, 0) is 0 Å². The van der Waals surface area contributed by atoms with Crippen molar-refractivity contribution in [1.82, 2.24) is 9.97 Å². The zero-order chi connectivity index (χ0) is 18.7. The van der Waals surface area contributed by atoms with E-state index in [4.69, 9.17) is 22.1 Å². The van der Waals surface area contributed by atoms with E-state index in [-0.39, 0.29) is 5.54 Å². The lowest BCUT2D eigenvalue weighted by atomic mass is 9.93. The van der Waals surface area contributed by atoms with E-state index >= 15 is 0 Å². The first-order valence-corrected chi connectivity index (χ1v) is 9.12. The minimum absolute atomic E-state index is 0.216. The van der Waals surface area contributed by atoms with E-state index in [9.17, 15) is 0 Å². The topological polar surface area (TPSA) is 61.0 Å². The van der Waals surface area contributed by atoms with Crippen LogP contribution in [0.3, 0.4) is 0 Å². The molecular formula is C21H24ClN3O. The second kappa shape index (κ2) is 7.60. The summed E-state index contributed by atoms with van der Waals surface area (Å²) in [4.78, 5) is 8.82. The molecule has 1 aromatic carbocycles. The second-order valence-corrected chi connectivity index (χ2v) is 7.90. The van der Waals surface area contributed by atoms with Crippen LogP contribution in [0.15, 0.2) is 48.8 Å². The maximum absolute atomic E-state index is 6.42. The Morgan fingerprint density at radius 1 is 1.19 bits per heavy atom. The number of nitrogens with zero attached hydrogens (tertiary/aromatic N) is 2. The van der Waals surface area contributed by atoms with Crippen molar-refractivity contribution in [2.24, 2.45) is 11.7 Å². The minimum Gasteiger partial charge on any atom is -0.476 e. The Labute approximate surface area is 159 Å². The average molecular weight is 370 g/mol. The van der Waals surface area contributed by atoms with Gasteiger partial charge in [0.1, 0.15) is 5.02 Å². The molecule has 4 nitrogen and oxygen atoms in total. The number of hydrogen-bond donors (Lipinski definition) is 1. The second-order valence-electron chi connectivity index (χ2n) is 7.50. The molecule has 0 aliphatic heterocycles. The first-order chi connectivity index (χ1) is 12.3. The number of rotatable bonds is 6. The van der Waals surface area contributed by atoms with Crippen LogP contribution in [0, 0.1) is 5.92 Å². The van der Waals surface area contributed by atoms with Crippen LogP contribution in [0.5, 0.6) is 5.88 Å². The van der Waals surface area contributed by atoms with Gasteiger partial charge < -0.3 is 10.5 Å². The molecule has 0 spiro atoms. The van der Waals surface area contributed by atoms with Crippen molar-refractivity contribution in [2.45, 2.75) is 32.7 Å². The van der Waals surface area contributed by atoms with E-state index < -0.39 is 0 Å². The Kier molecular flexibility index (Phi) is 5.44. The quantitative estimate of drug-likeness (QED) is 0.657. The zero-order valence-electron chi connectivity index (χ0n) is 15.4. The van der Waals surface area contributed by atoms with Gasteiger partial charge in [-0.25, -0.2) is 4.98 Å². The van der Waals surface area contributed by atoms with Crippen LogP contribution in [0.2, 0.25) is 5.02 Å². The molecule has 26 heavy (non-hydrogen) atoms. The molecule has 0 saturated carbocycles. The number of ether oxygens (including phenoxy) is 1. The molecule has 0 aliphatic rings. The summed E-state index contributed by atoms with van der Waals surface area (Å²) >= 11 is 6.42. The van der Waals surface area contributed by atoms with Gasteiger partial charge in [-0.2, -0.15) is 0 Å². The number of halogens is 1. The summed E-state index contributed by atoms with van der Waals surface area (Å²) in [6.45, 7) is 6.68. The van der Waals surface area contributed by atoms with Crippen molar-refractivity contribution in [3.05, 3.63) is 53.8 Å². The molecule has 0 fully saturated rings. The largest absolute Gasteiger partial charge is 0.476 e. The Hall–Kier alpha value is -2.17. The highest BCUT2D eigenvalue weighted by atomic mass is 35.5. The number of aromatic nitrogens is 2. The molecule has 0 amide bonds. The highest BCUT2D eigenvalue weighted by Crippen LogP contribution is 2.32. The van der Waals surface area contributed by atoms with E-state index in [2.05, 4.69) is 16.9 Å². The van der Waals surface area contributed by atoms with Crippen LogP contribution < -0.4 is 10.5 Å². The number of para-hydroxylation sites is 1. The number of hydrogen-bond acceptors (Lipinski definition) is 4. The number of benzene rings is 1. The Morgan fingerprint density at radius 2 is 1.96 bits per heavy atom. The van der Waals surface area contributed by atoms with Crippen LogP contribution in [0.4, 0.5) is 0 Å². The predicted octanol–water partition coefficient (Wildman–Crippen LogP) is 5.09. The number of nitrogens with two attached hydrogens (primary N) is 1. The van der Waals surface area contributed by atoms with Gasteiger partial charge in [0.05, 0.1) is 12.1 Å². The molecule has 3 aromatic rings. The first kappa shape index (κ1) is 18.6. The van der Waals surface area contributed by atoms with Gasteiger partial charge in [0.25, 0.3) is 0 Å². The molecule has 0 unspecified atom stereocenters. The van der Waals surface area contributed by atoms with E-state index in [1.165, 1.54) is 0 Å². The maximum Gasteiger partial charge on any atom is 0.232 e. The predicted molar refractivity (Wildman–Crippen MR) is 108 cm³/mol. The highest BCUT2D eigenvalue weighted by Gasteiger charge is 2.17. The average Bonchev–Trinajstić information content (AvgIpc) is 2.58. The Morgan fingerprint density at radius 3 is 2.69 bits per heavy atom. The lowest BCUT2D eigenvalue weighted by Gasteiger charge is -2.23. The van der Waals surface area contributed by atoms with E-state index in [0.717, 1.165) is 28.5 Å². The van der Waals surface area contributed by atoms with Crippen molar-refractivity contribution in [3.63, 3.8) is 0 Å². The molecular weight excluding hydrogens is 346 g/mol. The summed E-state index contributed by atoms with van der Waals surface area (Å²) in [5, 5.41) is 1.57. The van der Waals surface area contributed by atoms with E-state index in [1.807, 2.05) is 50.2 Å². The Balaban J connectivity index is 1.79. The van der Waals surface area contributed by atoms with E-state index in [1.54, 1.807) is 12.4 Å². The van der Waals surface area contributed by atoms with E-state index in [0.29, 0.717) is 23.4 Å². The molecule has 1 atom stereocenters. The molecule has 0 saturated heterocycles. The van der Waals surface area contributed by atoms with Crippen LogP contribution >= 0.6 is 11.6 Å². The summed E-state index contributed by atoms with van der Waals surface area (Å²) in [6.07, 6.45) is 4.46. The SMILES string of the molecule is C[C@H](COc1ncc(-c2ccnc3ccccc23)cc1Cl)CC(C)(C)N. The number of fused-ring (bicyclic) bond motifs is 1. The molecule has 136 valence electrons. The van der Waals surface area contributed by atoms with Crippen molar-refractivity contribution in [1.29, 1.82) is 0 Å². The molecule has 3 rings (SSSR count).